The SMILES string of the molecule is COC=Cc1cccc(O)c1. The van der Waals surface area contributed by atoms with Crippen molar-refractivity contribution in [1.82, 2.24) is 0 Å². The molecule has 1 aromatic carbocycles. The van der Waals surface area contributed by atoms with Crippen molar-refractivity contribution in [2.24, 2.45) is 0 Å². The molecular formula is C9H10O2. The minimum absolute atomic E-state index is 0.267. The van der Waals surface area contributed by atoms with E-state index < -0.39 is 0 Å². The molecule has 11 heavy (non-hydrogen) atoms. The minimum atomic E-state index is 0.267. The van der Waals surface area contributed by atoms with Crippen molar-refractivity contribution in [3.05, 3.63) is 36.1 Å². The summed E-state index contributed by atoms with van der Waals surface area (Å²) in [6.45, 7) is 0. The molecule has 1 rings (SSSR count). The number of hydrogen-bond donors (Lipinski definition) is 1. The van der Waals surface area contributed by atoms with Gasteiger partial charge in [0.1, 0.15) is 5.75 Å². The number of hydrogen-bond acceptors (Lipinski definition) is 2. The van der Waals surface area contributed by atoms with E-state index >= 15 is 0 Å². The number of phenolic OH excluding ortho intramolecular Hbond substituents is 1. The number of phenols is 1. The van der Waals surface area contributed by atoms with E-state index in [0.29, 0.717) is 0 Å². The Morgan fingerprint density at radius 1 is 1.45 bits per heavy atom. The van der Waals surface area contributed by atoms with Gasteiger partial charge in [0.2, 0.25) is 0 Å². The van der Waals surface area contributed by atoms with Gasteiger partial charge in [0.05, 0.1) is 13.4 Å². The summed E-state index contributed by atoms with van der Waals surface area (Å²) in [6.07, 6.45) is 3.34. The van der Waals surface area contributed by atoms with Gasteiger partial charge in [-0.2, -0.15) is 0 Å². The third-order valence-corrected chi connectivity index (χ3v) is 1.27. The van der Waals surface area contributed by atoms with Gasteiger partial charge in [-0.1, -0.05) is 12.1 Å². The number of aromatic hydroxyl groups is 1. The molecule has 0 aliphatic carbocycles. The molecule has 0 radical (unpaired) electrons. The van der Waals surface area contributed by atoms with Crippen LogP contribution in [0.25, 0.3) is 6.08 Å². The van der Waals surface area contributed by atoms with Crippen LogP contribution in [0.15, 0.2) is 30.5 Å². The predicted octanol–water partition coefficient (Wildman–Crippen LogP) is 2.01. The van der Waals surface area contributed by atoms with E-state index in [1.165, 1.54) is 0 Å². The Morgan fingerprint density at radius 3 is 2.91 bits per heavy atom. The summed E-state index contributed by atoms with van der Waals surface area (Å²) in [5, 5.41) is 9.04. The predicted molar refractivity (Wildman–Crippen MR) is 44.1 cm³/mol. The van der Waals surface area contributed by atoms with Crippen LogP contribution >= 0.6 is 0 Å². The summed E-state index contributed by atoms with van der Waals surface area (Å²) in [5.41, 5.74) is 0.923. The molecule has 0 aromatic heterocycles. The molecule has 0 fully saturated rings. The Morgan fingerprint density at radius 2 is 2.27 bits per heavy atom. The van der Waals surface area contributed by atoms with Gasteiger partial charge in [-0.3, -0.25) is 0 Å². The zero-order valence-corrected chi connectivity index (χ0v) is 6.32. The fourth-order valence-electron chi connectivity index (χ4n) is 0.775. The highest BCUT2D eigenvalue weighted by atomic mass is 16.5. The van der Waals surface area contributed by atoms with Crippen LogP contribution in [-0.4, -0.2) is 12.2 Å². The third kappa shape index (κ3) is 2.34. The summed E-state index contributed by atoms with van der Waals surface area (Å²) in [5.74, 6) is 0.267. The van der Waals surface area contributed by atoms with E-state index in [4.69, 9.17) is 9.84 Å². The first-order chi connectivity index (χ1) is 5.33. The largest absolute Gasteiger partial charge is 0.508 e. The molecule has 2 nitrogen and oxygen atoms in total. The van der Waals surface area contributed by atoms with E-state index in [9.17, 15) is 0 Å². The maximum atomic E-state index is 9.04. The van der Waals surface area contributed by atoms with E-state index in [2.05, 4.69) is 0 Å². The second-order valence-corrected chi connectivity index (χ2v) is 2.13. The molecule has 1 N–H and O–H groups in total. The molecule has 58 valence electrons. The van der Waals surface area contributed by atoms with Crippen LogP contribution in [0.1, 0.15) is 5.56 Å². The van der Waals surface area contributed by atoms with Gasteiger partial charge in [0.15, 0.2) is 0 Å². The van der Waals surface area contributed by atoms with Crippen LogP contribution in [0.4, 0.5) is 0 Å². The molecule has 0 aliphatic heterocycles. The molecule has 0 amide bonds. The normalized spacial score (nSPS) is 10.3. The Bertz CT molecular complexity index is 253. The Labute approximate surface area is 65.7 Å². The standard InChI is InChI=1S/C9H10O2/c1-11-6-5-8-3-2-4-9(10)7-8/h2-7,10H,1H3. The average molecular weight is 150 g/mol. The van der Waals surface area contributed by atoms with Crippen molar-refractivity contribution >= 4 is 6.08 Å². The summed E-state index contributed by atoms with van der Waals surface area (Å²) < 4.78 is 4.72. The molecule has 0 heterocycles. The Hall–Kier alpha value is -1.44. The van der Waals surface area contributed by atoms with Crippen molar-refractivity contribution in [1.29, 1.82) is 0 Å². The third-order valence-electron chi connectivity index (χ3n) is 1.27. The summed E-state index contributed by atoms with van der Waals surface area (Å²) in [7, 11) is 1.58. The van der Waals surface area contributed by atoms with Crippen LogP contribution in [0.2, 0.25) is 0 Å². The van der Waals surface area contributed by atoms with Gasteiger partial charge < -0.3 is 9.84 Å². The van der Waals surface area contributed by atoms with Crippen molar-refractivity contribution in [3.63, 3.8) is 0 Å². The van der Waals surface area contributed by atoms with Crippen LogP contribution in [-0.2, 0) is 4.74 Å². The second-order valence-electron chi connectivity index (χ2n) is 2.13. The fourth-order valence-corrected chi connectivity index (χ4v) is 0.775. The van der Waals surface area contributed by atoms with Crippen molar-refractivity contribution in [2.75, 3.05) is 7.11 Å². The molecular weight excluding hydrogens is 140 g/mol. The minimum Gasteiger partial charge on any atom is -0.508 e. The van der Waals surface area contributed by atoms with Gasteiger partial charge in [-0.25, -0.2) is 0 Å². The van der Waals surface area contributed by atoms with E-state index in [1.54, 1.807) is 37.6 Å². The number of benzene rings is 1. The first kappa shape index (κ1) is 7.66. The van der Waals surface area contributed by atoms with Crippen molar-refractivity contribution in [3.8, 4) is 5.75 Å². The lowest BCUT2D eigenvalue weighted by molar-refractivity contribution is 0.341. The molecule has 0 saturated carbocycles. The first-order valence-electron chi connectivity index (χ1n) is 3.31. The van der Waals surface area contributed by atoms with Gasteiger partial charge in [0.25, 0.3) is 0 Å². The summed E-state index contributed by atoms with van der Waals surface area (Å²) >= 11 is 0. The van der Waals surface area contributed by atoms with Gasteiger partial charge in [0, 0.05) is 0 Å². The monoisotopic (exact) mass is 150 g/mol. The second kappa shape index (κ2) is 3.66. The van der Waals surface area contributed by atoms with Gasteiger partial charge >= 0.3 is 0 Å². The highest BCUT2D eigenvalue weighted by molar-refractivity contribution is 5.50. The lowest BCUT2D eigenvalue weighted by atomic mass is 10.2. The van der Waals surface area contributed by atoms with Crippen LogP contribution in [0, 0.1) is 0 Å². The first-order valence-corrected chi connectivity index (χ1v) is 3.31. The molecule has 0 atom stereocenters. The molecule has 0 bridgehead atoms. The smallest absolute Gasteiger partial charge is 0.116 e. The molecule has 1 aromatic rings. The zero-order valence-electron chi connectivity index (χ0n) is 6.32. The Balaban J connectivity index is 2.79. The van der Waals surface area contributed by atoms with Crippen LogP contribution < -0.4 is 0 Å². The quantitative estimate of drug-likeness (QED) is 0.653. The van der Waals surface area contributed by atoms with Gasteiger partial charge in [-0.05, 0) is 23.8 Å². The summed E-state index contributed by atoms with van der Waals surface area (Å²) in [6, 6.07) is 6.96. The fraction of sp³-hybridized carbons (Fsp3) is 0.111. The maximum absolute atomic E-state index is 9.04. The highest BCUT2D eigenvalue weighted by Crippen LogP contribution is 2.11. The molecule has 0 saturated heterocycles. The number of rotatable bonds is 2. The van der Waals surface area contributed by atoms with Gasteiger partial charge in [-0.15, -0.1) is 0 Å². The average Bonchev–Trinajstić information content (AvgIpc) is 2.01. The van der Waals surface area contributed by atoms with Crippen LogP contribution in [0.3, 0.4) is 0 Å². The molecule has 2 heteroatoms. The molecule has 0 aliphatic rings. The molecule has 0 unspecified atom stereocenters. The van der Waals surface area contributed by atoms with E-state index in [-0.39, 0.29) is 5.75 Å². The highest BCUT2D eigenvalue weighted by Gasteiger charge is 1.87. The van der Waals surface area contributed by atoms with Crippen molar-refractivity contribution in [2.45, 2.75) is 0 Å². The maximum Gasteiger partial charge on any atom is 0.116 e. The van der Waals surface area contributed by atoms with E-state index in [0.717, 1.165) is 5.56 Å². The Kier molecular flexibility index (Phi) is 2.55. The zero-order chi connectivity index (χ0) is 8.10. The van der Waals surface area contributed by atoms with Crippen LogP contribution in [0.5, 0.6) is 5.75 Å². The number of methoxy groups -OCH3 is 1. The number of ether oxygens (including phenoxy) is 1. The lowest BCUT2D eigenvalue weighted by Gasteiger charge is -1.93. The van der Waals surface area contributed by atoms with Crippen molar-refractivity contribution < 1.29 is 9.84 Å². The topological polar surface area (TPSA) is 29.5 Å². The molecule has 0 spiro atoms. The van der Waals surface area contributed by atoms with E-state index in [1.807, 2.05) is 6.07 Å². The summed E-state index contributed by atoms with van der Waals surface area (Å²) in [4.78, 5) is 0. The lowest BCUT2D eigenvalue weighted by Crippen LogP contribution is -1.71.